The first-order chi connectivity index (χ1) is 8.88. The van der Waals surface area contributed by atoms with Crippen molar-refractivity contribution in [2.24, 2.45) is 5.73 Å². The van der Waals surface area contributed by atoms with Crippen molar-refractivity contribution >= 4 is 43.5 Å². The summed E-state index contributed by atoms with van der Waals surface area (Å²) >= 11 is 0.873. The SMILES string of the molecule is CSCC[C@H](N[Se]C(=O)CNC(=O)[C@H](C)N)C(=O)O. The first-order valence-corrected chi connectivity index (χ1v) is 8.69. The van der Waals surface area contributed by atoms with E-state index in [1.807, 2.05) is 6.26 Å². The molecule has 0 aliphatic carbocycles. The van der Waals surface area contributed by atoms with E-state index in [4.69, 9.17) is 10.8 Å². The molecule has 0 saturated heterocycles. The Bertz CT molecular complexity index is 328. The molecule has 5 N–H and O–H groups in total. The van der Waals surface area contributed by atoms with Crippen LogP contribution >= 0.6 is 11.8 Å². The Morgan fingerprint density at radius 2 is 2.05 bits per heavy atom. The van der Waals surface area contributed by atoms with Gasteiger partial charge in [0, 0.05) is 0 Å². The topological polar surface area (TPSA) is 122 Å². The van der Waals surface area contributed by atoms with Crippen LogP contribution in [-0.4, -0.2) is 67.5 Å². The van der Waals surface area contributed by atoms with Crippen LogP contribution in [0, 0.1) is 0 Å². The average Bonchev–Trinajstić information content (AvgIpc) is 2.35. The fourth-order valence-electron chi connectivity index (χ4n) is 0.962. The van der Waals surface area contributed by atoms with Crippen LogP contribution in [0.1, 0.15) is 13.3 Å². The maximum absolute atomic E-state index is 11.5. The molecule has 1 amide bonds. The number of amides is 1. The molecule has 0 bridgehead atoms. The van der Waals surface area contributed by atoms with Crippen LogP contribution in [0.3, 0.4) is 0 Å². The third kappa shape index (κ3) is 9.01. The van der Waals surface area contributed by atoms with Crippen molar-refractivity contribution in [3.05, 3.63) is 0 Å². The van der Waals surface area contributed by atoms with Gasteiger partial charge in [-0.05, 0) is 0 Å². The molecule has 0 fully saturated rings. The molecule has 0 unspecified atom stereocenters. The third-order valence-electron chi connectivity index (χ3n) is 2.04. The van der Waals surface area contributed by atoms with Crippen molar-refractivity contribution < 1.29 is 19.5 Å². The molecule has 0 aromatic carbocycles. The van der Waals surface area contributed by atoms with Gasteiger partial charge in [0.15, 0.2) is 0 Å². The summed E-state index contributed by atoms with van der Waals surface area (Å²) in [5.74, 6) is -0.667. The molecule has 0 saturated carbocycles. The molecule has 0 heterocycles. The second kappa shape index (κ2) is 10.2. The van der Waals surface area contributed by atoms with Crippen molar-refractivity contribution in [1.29, 1.82) is 0 Å². The fraction of sp³-hybridized carbons (Fsp3) is 0.700. The van der Waals surface area contributed by atoms with Crippen LogP contribution in [0.25, 0.3) is 0 Å². The summed E-state index contributed by atoms with van der Waals surface area (Å²) < 4.78 is 2.50. The summed E-state index contributed by atoms with van der Waals surface area (Å²) in [7, 11) is 0. The zero-order valence-electron chi connectivity index (χ0n) is 10.8. The molecule has 7 nitrogen and oxygen atoms in total. The van der Waals surface area contributed by atoms with Gasteiger partial charge in [-0.2, -0.15) is 0 Å². The summed E-state index contributed by atoms with van der Waals surface area (Å²) in [5, 5.41) is 11.3. The van der Waals surface area contributed by atoms with Gasteiger partial charge >= 0.3 is 122 Å². The number of aliphatic carboxylic acids is 1. The molecule has 0 aliphatic heterocycles. The number of thioether (sulfide) groups is 1. The number of hydrogen-bond donors (Lipinski definition) is 4. The maximum atomic E-state index is 11.5. The van der Waals surface area contributed by atoms with Crippen LogP contribution < -0.4 is 15.4 Å². The van der Waals surface area contributed by atoms with Gasteiger partial charge < -0.3 is 0 Å². The normalized spacial score (nSPS) is 13.6. The second-order valence-corrected chi connectivity index (χ2v) is 6.63. The van der Waals surface area contributed by atoms with Gasteiger partial charge in [0.2, 0.25) is 0 Å². The Morgan fingerprint density at radius 1 is 1.42 bits per heavy atom. The van der Waals surface area contributed by atoms with Gasteiger partial charge in [0.25, 0.3) is 0 Å². The first kappa shape index (κ1) is 18.4. The quantitative estimate of drug-likeness (QED) is 0.348. The predicted octanol–water partition coefficient (Wildman–Crippen LogP) is -1.61. The molecule has 0 aromatic rings. The number of rotatable bonds is 10. The van der Waals surface area contributed by atoms with Gasteiger partial charge in [0.05, 0.1) is 0 Å². The van der Waals surface area contributed by atoms with Gasteiger partial charge in [-0.25, -0.2) is 0 Å². The van der Waals surface area contributed by atoms with Gasteiger partial charge in [0.1, 0.15) is 0 Å². The molecule has 0 radical (unpaired) electrons. The summed E-state index contributed by atoms with van der Waals surface area (Å²) in [6.45, 7) is 1.40. The molecule has 0 rings (SSSR count). The van der Waals surface area contributed by atoms with Crippen molar-refractivity contribution in [3.8, 4) is 0 Å². The standard InChI is InChI=1S/C10H19N3O4SSe/c1-6(11)9(15)12-5-8(14)19-13-7(10(16)17)3-4-18-2/h6-7,13H,3-5,11H2,1-2H3,(H,12,15)(H,16,17)/t6-,7-/m0/s1. The van der Waals surface area contributed by atoms with E-state index in [9.17, 15) is 14.4 Å². The van der Waals surface area contributed by atoms with Crippen molar-refractivity contribution in [1.82, 2.24) is 9.65 Å². The van der Waals surface area contributed by atoms with Crippen LogP contribution in [-0.2, 0) is 14.4 Å². The van der Waals surface area contributed by atoms with Crippen LogP contribution in [0.2, 0.25) is 0 Å². The van der Waals surface area contributed by atoms with E-state index in [1.165, 1.54) is 6.92 Å². The number of hydrogen-bond acceptors (Lipinski definition) is 6. The van der Waals surface area contributed by atoms with E-state index in [-0.39, 0.29) is 11.2 Å². The van der Waals surface area contributed by atoms with E-state index < -0.39 is 39.1 Å². The number of nitrogens with two attached hydrogens (primary N) is 1. The molecule has 0 spiro atoms. The Kier molecular flexibility index (Phi) is 9.90. The van der Waals surface area contributed by atoms with E-state index in [0.717, 1.165) is 0 Å². The summed E-state index contributed by atoms with van der Waals surface area (Å²) in [5.41, 5.74) is 5.33. The molecule has 0 aromatic heterocycles. The van der Waals surface area contributed by atoms with Crippen molar-refractivity contribution in [2.75, 3.05) is 18.6 Å². The Balaban J connectivity index is 3.98. The van der Waals surface area contributed by atoms with Crippen LogP contribution in [0.15, 0.2) is 0 Å². The van der Waals surface area contributed by atoms with Crippen molar-refractivity contribution in [2.45, 2.75) is 25.4 Å². The Hall–Kier alpha value is -0.601. The molecular formula is C10H19N3O4SSe. The minimum absolute atomic E-state index is 0.123. The minimum atomic E-state index is -0.969. The first-order valence-electron chi connectivity index (χ1n) is 5.58. The molecule has 2 atom stereocenters. The molecular weight excluding hydrogens is 337 g/mol. The summed E-state index contributed by atoms with van der Waals surface area (Å²) in [6, 6.07) is -1.39. The molecule has 9 heteroatoms. The van der Waals surface area contributed by atoms with E-state index in [1.54, 1.807) is 11.8 Å². The Labute approximate surface area is 122 Å². The fourth-order valence-corrected chi connectivity index (χ4v) is 2.77. The number of carboxylic acids is 1. The zero-order valence-corrected chi connectivity index (χ0v) is 13.4. The monoisotopic (exact) mass is 357 g/mol. The predicted molar refractivity (Wildman–Crippen MR) is 75.0 cm³/mol. The summed E-state index contributed by atoms with van der Waals surface area (Å²) in [4.78, 5) is 33.5. The average molecular weight is 356 g/mol. The summed E-state index contributed by atoms with van der Waals surface area (Å²) in [6.07, 6.45) is 2.34. The van der Waals surface area contributed by atoms with E-state index >= 15 is 0 Å². The Morgan fingerprint density at radius 3 is 2.53 bits per heavy atom. The van der Waals surface area contributed by atoms with Crippen LogP contribution in [0.4, 0.5) is 0 Å². The molecule has 0 aliphatic rings. The zero-order chi connectivity index (χ0) is 14.8. The number of carbonyl (C=O) groups is 3. The van der Waals surface area contributed by atoms with E-state index in [2.05, 4.69) is 9.65 Å². The second-order valence-electron chi connectivity index (χ2n) is 3.77. The van der Waals surface area contributed by atoms with Crippen molar-refractivity contribution in [3.63, 3.8) is 0 Å². The molecule has 19 heavy (non-hydrogen) atoms. The van der Waals surface area contributed by atoms with Gasteiger partial charge in [-0.1, -0.05) is 0 Å². The van der Waals surface area contributed by atoms with Gasteiger partial charge in [-0.15, -0.1) is 0 Å². The number of nitrogens with one attached hydrogen (secondary N) is 2. The number of carbonyl (C=O) groups excluding carboxylic acids is 2. The van der Waals surface area contributed by atoms with E-state index in [0.29, 0.717) is 12.2 Å². The van der Waals surface area contributed by atoms with Gasteiger partial charge in [-0.3, -0.25) is 0 Å². The van der Waals surface area contributed by atoms with Crippen LogP contribution in [0.5, 0.6) is 0 Å². The molecule has 110 valence electrons. The third-order valence-corrected chi connectivity index (χ3v) is 4.31. The number of carboxylic acid groups (broad SMARTS) is 1.